The predicted octanol–water partition coefficient (Wildman–Crippen LogP) is 2.24. The molecular weight excluding hydrogens is 400 g/mol. The fourth-order valence-corrected chi connectivity index (χ4v) is 4.20. The van der Waals surface area contributed by atoms with Crippen LogP contribution in [0.2, 0.25) is 0 Å². The van der Waals surface area contributed by atoms with Gasteiger partial charge in [0.15, 0.2) is 11.6 Å². The van der Waals surface area contributed by atoms with E-state index in [1.165, 1.54) is 0 Å². The van der Waals surface area contributed by atoms with Gasteiger partial charge in [0.05, 0.1) is 18.8 Å². The molecule has 0 spiro atoms. The summed E-state index contributed by atoms with van der Waals surface area (Å²) in [7, 11) is 0. The molecule has 2 heterocycles. The number of nitrogens with zero attached hydrogens (tertiary/aromatic N) is 2. The number of hydrogen-bond donors (Lipinski definition) is 2. The van der Waals surface area contributed by atoms with Gasteiger partial charge in [-0.15, -0.1) is 0 Å². The molecule has 1 aliphatic carbocycles. The smallest absolute Gasteiger partial charge is 0.414 e. The Morgan fingerprint density at radius 3 is 2.33 bits per heavy atom. The summed E-state index contributed by atoms with van der Waals surface area (Å²) in [6.07, 6.45) is -1.96. The number of piperidine rings is 1. The predicted molar refractivity (Wildman–Crippen MR) is 103 cm³/mol. The molecule has 30 heavy (non-hydrogen) atoms. The van der Waals surface area contributed by atoms with E-state index in [9.17, 15) is 18.4 Å². The van der Waals surface area contributed by atoms with Gasteiger partial charge in [-0.1, -0.05) is 0 Å². The molecular formula is C20H25F2N3O5. The highest BCUT2D eigenvalue weighted by molar-refractivity contribution is 5.90. The van der Waals surface area contributed by atoms with Crippen LogP contribution in [0.4, 0.5) is 29.7 Å². The molecule has 10 heteroatoms. The quantitative estimate of drug-likeness (QED) is 0.769. The maximum absolute atomic E-state index is 14.8. The lowest BCUT2D eigenvalue weighted by molar-refractivity contribution is 0.0518. The third kappa shape index (κ3) is 3.88. The second-order valence-corrected chi connectivity index (χ2v) is 8.96. The average Bonchev–Trinajstić information content (AvgIpc) is 2.96. The summed E-state index contributed by atoms with van der Waals surface area (Å²) in [5.74, 6) is -1.34. The number of amides is 2. The van der Waals surface area contributed by atoms with Crippen molar-refractivity contribution in [2.75, 3.05) is 36.0 Å². The van der Waals surface area contributed by atoms with Gasteiger partial charge in [0.25, 0.3) is 0 Å². The minimum Gasteiger partial charge on any atom is -0.444 e. The van der Waals surface area contributed by atoms with E-state index >= 15 is 0 Å². The van der Waals surface area contributed by atoms with Crippen molar-refractivity contribution in [2.45, 2.75) is 38.5 Å². The second kappa shape index (κ2) is 7.26. The highest BCUT2D eigenvalue weighted by Gasteiger charge is 2.57. The van der Waals surface area contributed by atoms with Crippen LogP contribution in [-0.2, 0) is 9.47 Å². The van der Waals surface area contributed by atoms with Gasteiger partial charge in [0, 0.05) is 43.1 Å². The van der Waals surface area contributed by atoms with E-state index in [2.05, 4.69) is 5.32 Å². The summed E-state index contributed by atoms with van der Waals surface area (Å²) in [6.45, 7) is 5.84. The van der Waals surface area contributed by atoms with Crippen molar-refractivity contribution < 1.29 is 33.0 Å². The Balaban J connectivity index is 1.40. The summed E-state index contributed by atoms with van der Waals surface area (Å²) in [4.78, 5) is 26.5. The van der Waals surface area contributed by atoms with Gasteiger partial charge in [-0.3, -0.25) is 4.90 Å². The van der Waals surface area contributed by atoms with Crippen LogP contribution < -0.4 is 15.1 Å². The number of benzene rings is 1. The molecule has 2 saturated heterocycles. The van der Waals surface area contributed by atoms with E-state index in [1.54, 1.807) is 25.7 Å². The summed E-state index contributed by atoms with van der Waals surface area (Å²) in [5.41, 5.74) is -0.690. The average molecular weight is 425 g/mol. The SMILES string of the molecule is CC(C)(C)OC(=O)NC1[C@H]2CN(c3c(F)cc(N4C[C@H](CO)OC4=O)cc3F)C[C@@H]12. The summed E-state index contributed by atoms with van der Waals surface area (Å²) >= 11 is 0. The molecule has 164 valence electrons. The molecule has 3 aliphatic rings. The number of fused-ring (bicyclic) bond motifs is 1. The third-order valence-corrected chi connectivity index (χ3v) is 5.58. The number of nitrogens with one attached hydrogen (secondary N) is 1. The molecule has 1 aromatic rings. The van der Waals surface area contributed by atoms with E-state index in [4.69, 9.17) is 14.6 Å². The number of alkyl carbamates (subject to hydrolysis) is 1. The number of aliphatic hydroxyl groups excluding tert-OH is 1. The van der Waals surface area contributed by atoms with Gasteiger partial charge >= 0.3 is 12.2 Å². The molecule has 0 aromatic heterocycles. The number of halogens is 2. The first-order chi connectivity index (χ1) is 14.1. The normalized spacial score (nSPS) is 27.7. The maximum Gasteiger partial charge on any atom is 0.414 e. The zero-order valence-electron chi connectivity index (χ0n) is 17.0. The molecule has 3 fully saturated rings. The lowest BCUT2D eigenvalue weighted by Gasteiger charge is -2.25. The monoisotopic (exact) mass is 425 g/mol. The Hall–Kier alpha value is -2.62. The Labute approximate surface area is 172 Å². The van der Waals surface area contributed by atoms with Crippen molar-refractivity contribution in [1.29, 1.82) is 0 Å². The lowest BCUT2D eigenvalue weighted by Crippen LogP contribution is -2.38. The van der Waals surface area contributed by atoms with Crippen molar-refractivity contribution in [3.05, 3.63) is 23.8 Å². The summed E-state index contributed by atoms with van der Waals surface area (Å²) in [6, 6.07) is 2.14. The highest BCUT2D eigenvalue weighted by atomic mass is 19.1. The number of cyclic esters (lactones) is 1. The number of ether oxygens (including phenoxy) is 2. The van der Waals surface area contributed by atoms with Crippen LogP contribution in [0.25, 0.3) is 0 Å². The van der Waals surface area contributed by atoms with Crippen LogP contribution >= 0.6 is 0 Å². The standard InChI is InChI=1S/C20H25F2N3O5/c1-20(2,3)30-18(27)23-16-12-7-24(8-13(12)16)17-14(21)4-10(5-15(17)22)25-6-11(9-26)29-19(25)28/h4-5,11-13,16,26H,6-9H2,1-3H3,(H,23,27)/t11-,12-,13+,16?/m1/s1. The van der Waals surface area contributed by atoms with Crippen LogP contribution in [0, 0.1) is 23.5 Å². The Morgan fingerprint density at radius 2 is 1.83 bits per heavy atom. The molecule has 1 aromatic carbocycles. The van der Waals surface area contributed by atoms with E-state index in [-0.39, 0.29) is 42.4 Å². The van der Waals surface area contributed by atoms with Crippen molar-refractivity contribution >= 4 is 23.6 Å². The van der Waals surface area contributed by atoms with Crippen molar-refractivity contribution in [3.63, 3.8) is 0 Å². The minimum atomic E-state index is -0.775. The largest absolute Gasteiger partial charge is 0.444 e. The summed E-state index contributed by atoms with van der Waals surface area (Å²) in [5, 5.41) is 11.9. The van der Waals surface area contributed by atoms with Crippen LogP contribution in [-0.4, -0.2) is 61.3 Å². The topological polar surface area (TPSA) is 91.3 Å². The Bertz CT molecular complexity index is 839. The number of rotatable bonds is 4. The third-order valence-electron chi connectivity index (χ3n) is 5.58. The molecule has 4 atom stereocenters. The van der Waals surface area contributed by atoms with Crippen LogP contribution in [0.3, 0.4) is 0 Å². The molecule has 2 aliphatic heterocycles. The number of aliphatic hydroxyl groups is 1. The van der Waals surface area contributed by atoms with E-state index in [0.29, 0.717) is 13.1 Å². The molecule has 1 saturated carbocycles. The van der Waals surface area contributed by atoms with Gasteiger partial charge in [0.1, 0.15) is 17.4 Å². The van der Waals surface area contributed by atoms with Crippen LogP contribution in [0.5, 0.6) is 0 Å². The number of carbonyl (C=O) groups is 2. The lowest BCUT2D eigenvalue weighted by atomic mass is 10.2. The maximum atomic E-state index is 14.8. The van der Waals surface area contributed by atoms with E-state index < -0.39 is 35.5 Å². The molecule has 2 amide bonds. The zero-order chi connectivity index (χ0) is 21.8. The zero-order valence-corrected chi connectivity index (χ0v) is 17.0. The van der Waals surface area contributed by atoms with Gasteiger partial charge in [-0.05, 0) is 20.8 Å². The molecule has 4 rings (SSSR count). The van der Waals surface area contributed by atoms with Crippen molar-refractivity contribution in [1.82, 2.24) is 5.32 Å². The fraction of sp³-hybridized carbons (Fsp3) is 0.600. The number of anilines is 2. The van der Waals surface area contributed by atoms with Gasteiger partial charge in [-0.25, -0.2) is 18.4 Å². The Morgan fingerprint density at radius 1 is 1.23 bits per heavy atom. The first kappa shape index (κ1) is 20.6. The second-order valence-electron chi connectivity index (χ2n) is 8.96. The molecule has 1 unspecified atom stereocenters. The van der Waals surface area contributed by atoms with Crippen molar-refractivity contribution in [3.8, 4) is 0 Å². The first-order valence-electron chi connectivity index (χ1n) is 9.90. The molecule has 8 nitrogen and oxygen atoms in total. The van der Waals surface area contributed by atoms with E-state index in [1.807, 2.05) is 0 Å². The highest BCUT2D eigenvalue weighted by Crippen LogP contribution is 2.48. The van der Waals surface area contributed by atoms with Gasteiger partial charge < -0.3 is 24.8 Å². The van der Waals surface area contributed by atoms with E-state index in [0.717, 1.165) is 17.0 Å². The molecule has 2 N–H and O–H groups in total. The number of carbonyl (C=O) groups excluding carboxylic acids is 2. The van der Waals surface area contributed by atoms with Crippen molar-refractivity contribution in [2.24, 2.45) is 11.8 Å². The van der Waals surface area contributed by atoms with Crippen LogP contribution in [0.1, 0.15) is 20.8 Å². The van der Waals surface area contributed by atoms with Gasteiger partial charge in [-0.2, -0.15) is 0 Å². The molecule has 0 bridgehead atoms. The first-order valence-corrected chi connectivity index (χ1v) is 9.90. The Kier molecular flexibility index (Phi) is 5.00. The van der Waals surface area contributed by atoms with Crippen LogP contribution in [0.15, 0.2) is 12.1 Å². The number of hydrogen-bond acceptors (Lipinski definition) is 6. The molecule has 0 radical (unpaired) electrons. The fourth-order valence-electron chi connectivity index (χ4n) is 4.20. The minimum absolute atomic E-state index is 0.0272. The van der Waals surface area contributed by atoms with Gasteiger partial charge in [0.2, 0.25) is 0 Å². The summed E-state index contributed by atoms with van der Waals surface area (Å²) < 4.78 is 39.7.